The van der Waals surface area contributed by atoms with Crippen LogP contribution in [0.3, 0.4) is 0 Å². The van der Waals surface area contributed by atoms with Crippen LogP contribution in [0.1, 0.15) is 17.3 Å². The number of methoxy groups -OCH3 is 2. The molecule has 1 aromatic carbocycles. The number of hydrogen-bond acceptors (Lipinski definition) is 9. The maximum Gasteiger partial charge on any atom is 0.337 e. The fraction of sp³-hybridized carbons (Fsp3) is 0.529. The zero-order valence-corrected chi connectivity index (χ0v) is 15.1. The Hall–Kier alpha value is -2.40. The van der Waals surface area contributed by atoms with Gasteiger partial charge in [0.15, 0.2) is 11.5 Å². The number of ether oxygens (including phenoxy) is 4. The smallest absolute Gasteiger partial charge is 0.337 e. The molecule has 1 aliphatic heterocycles. The average Bonchev–Trinajstić information content (AvgIpc) is 2.66. The zero-order chi connectivity index (χ0) is 20.1. The summed E-state index contributed by atoms with van der Waals surface area (Å²) in [5.74, 6) is -0.697. The van der Waals surface area contributed by atoms with Crippen LogP contribution >= 0.6 is 0 Å². The summed E-state index contributed by atoms with van der Waals surface area (Å²) in [4.78, 5) is 23.1. The highest BCUT2D eigenvalue weighted by Gasteiger charge is 2.46. The average molecular weight is 385 g/mol. The first kappa shape index (κ1) is 20.9. The number of benzene rings is 1. The summed E-state index contributed by atoms with van der Waals surface area (Å²) < 4.78 is 21.1. The standard InChI is InChI=1S/C17H23NO9/c1-8(20)18-13-15(22)14(21)12(7-19)27-17(13)26-10-5-4-9(16(23)25-3)6-11(10)24-2/h4-6,12-15,17,19,21-22H,7H2,1-3H3,(H,18,20)/t12-,13-,14+,15-,17+/m0/s1. The summed E-state index contributed by atoms with van der Waals surface area (Å²) in [5, 5.41) is 32.1. The van der Waals surface area contributed by atoms with Gasteiger partial charge in [0.1, 0.15) is 24.4 Å². The first-order valence-corrected chi connectivity index (χ1v) is 8.15. The summed E-state index contributed by atoms with van der Waals surface area (Å²) in [7, 11) is 2.61. The molecule has 1 aliphatic rings. The molecule has 1 amide bonds. The molecule has 1 heterocycles. The molecule has 1 saturated heterocycles. The number of rotatable bonds is 6. The van der Waals surface area contributed by atoms with Crippen molar-refractivity contribution in [3.05, 3.63) is 23.8 Å². The molecule has 0 bridgehead atoms. The molecule has 5 atom stereocenters. The quantitative estimate of drug-likeness (QED) is 0.444. The molecule has 0 radical (unpaired) electrons. The fourth-order valence-corrected chi connectivity index (χ4v) is 2.71. The van der Waals surface area contributed by atoms with Gasteiger partial charge in [0.2, 0.25) is 12.2 Å². The molecule has 150 valence electrons. The summed E-state index contributed by atoms with van der Waals surface area (Å²) in [6.45, 7) is 0.670. The number of carbonyl (C=O) groups excluding carboxylic acids is 2. The van der Waals surface area contributed by atoms with Crippen LogP contribution in [0.5, 0.6) is 11.5 Å². The van der Waals surface area contributed by atoms with Gasteiger partial charge in [-0.3, -0.25) is 4.79 Å². The summed E-state index contributed by atoms with van der Waals surface area (Å²) in [5.41, 5.74) is 0.230. The first-order valence-electron chi connectivity index (χ1n) is 8.15. The van der Waals surface area contributed by atoms with Gasteiger partial charge in [0, 0.05) is 6.92 Å². The highest BCUT2D eigenvalue weighted by atomic mass is 16.7. The van der Waals surface area contributed by atoms with E-state index in [-0.39, 0.29) is 17.1 Å². The number of nitrogens with one attached hydrogen (secondary N) is 1. The second kappa shape index (κ2) is 9.00. The van der Waals surface area contributed by atoms with E-state index in [1.165, 1.54) is 39.3 Å². The largest absolute Gasteiger partial charge is 0.493 e. The van der Waals surface area contributed by atoms with E-state index in [2.05, 4.69) is 10.1 Å². The van der Waals surface area contributed by atoms with Crippen LogP contribution in [-0.4, -0.2) is 78.7 Å². The van der Waals surface area contributed by atoms with Crippen LogP contribution in [0.2, 0.25) is 0 Å². The molecular weight excluding hydrogens is 362 g/mol. The Kier molecular flexibility index (Phi) is 6.97. The second-order valence-electron chi connectivity index (χ2n) is 5.91. The lowest BCUT2D eigenvalue weighted by atomic mass is 9.97. The van der Waals surface area contributed by atoms with Gasteiger partial charge in [0.05, 0.1) is 26.4 Å². The molecule has 0 saturated carbocycles. The van der Waals surface area contributed by atoms with Gasteiger partial charge in [-0.15, -0.1) is 0 Å². The van der Waals surface area contributed by atoms with Crippen molar-refractivity contribution in [3.63, 3.8) is 0 Å². The maximum atomic E-state index is 11.6. The third kappa shape index (κ3) is 4.66. The summed E-state index contributed by atoms with van der Waals surface area (Å²) in [6.07, 6.45) is -5.21. The lowest BCUT2D eigenvalue weighted by Crippen LogP contribution is -2.65. The predicted octanol–water partition coefficient (Wildman–Crippen LogP) is -1.20. The lowest BCUT2D eigenvalue weighted by molar-refractivity contribution is -0.244. The van der Waals surface area contributed by atoms with Crippen molar-refractivity contribution >= 4 is 11.9 Å². The van der Waals surface area contributed by atoms with Crippen LogP contribution in [0.25, 0.3) is 0 Å². The number of amides is 1. The van der Waals surface area contributed by atoms with Crippen molar-refractivity contribution in [3.8, 4) is 11.5 Å². The topological polar surface area (TPSA) is 144 Å². The predicted molar refractivity (Wildman–Crippen MR) is 90.3 cm³/mol. The number of hydrogen-bond donors (Lipinski definition) is 4. The summed E-state index contributed by atoms with van der Waals surface area (Å²) >= 11 is 0. The molecule has 0 aliphatic carbocycles. The van der Waals surface area contributed by atoms with Crippen molar-refractivity contribution in [1.82, 2.24) is 5.32 Å². The third-order valence-electron chi connectivity index (χ3n) is 4.08. The fourth-order valence-electron chi connectivity index (χ4n) is 2.71. The first-order chi connectivity index (χ1) is 12.8. The Labute approximate surface area is 155 Å². The van der Waals surface area contributed by atoms with Gasteiger partial charge in [-0.25, -0.2) is 4.79 Å². The number of aliphatic hydroxyl groups is 3. The molecular formula is C17H23NO9. The van der Waals surface area contributed by atoms with Crippen LogP contribution < -0.4 is 14.8 Å². The van der Waals surface area contributed by atoms with Crippen LogP contribution in [0, 0.1) is 0 Å². The van der Waals surface area contributed by atoms with E-state index in [9.17, 15) is 24.9 Å². The molecule has 1 fully saturated rings. The lowest BCUT2D eigenvalue weighted by Gasteiger charge is -2.42. The Morgan fingerprint density at radius 2 is 1.89 bits per heavy atom. The Balaban J connectivity index is 2.30. The molecule has 10 nitrogen and oxygen atoms in total. The van der Waals surface area contributed by atoms with Crippen molar-refractivity contribution in [2.24, 2.45) is 0 Å². The van der Waals surface area contributed by atoms with E-state index in [0.29, 0.717) is 0 Å². The molecule has 1 aromatic rings. The van der Waals surface area contributed by atoms with Crippen molar-refractivity contribution in [2.45, 2.75) is 37.6 Å². The van der Waals surface area contributed by atoms with Gasteiger partial charge in [-0.2, -0.15) is 0 Å². The highest BCUT2D eigenvalue weighted by molar-refractivity contribution is 5.90. The monoisotopic (exact) mass is 385 g/mol. The minimum Gasteiger partial charge on any atom is -0.493 e. The normalized spacial score (nSPS) is 27.6. The Bertz CT molecular complexity index is 680. The van der Waals surface area contributed by atoms with Gasteiger partial charge in [-0.1, -0.05) is 0 Å². The Morgan fingerprint density at radius 3 is 2.44 bits per heavy atom. The van der Waals surface area contributed by atoms with E-state index in [1.807, 2.05) is 0 Å². The molecule has 0 spiro atoms. The van der Waals surface area contributed by atoms with E-state index in [1.54, 1.807) is 0 Å². The summed E-state index contributed by atoms with van der Waals surface area (Å²) in [6, 6.07) is 3.16. The Morgan fingerprint density at radius 1 is 1.19 bits per heavy atom. The van der Waals surface area contributed by atoms with E-state index >= 15 is 0 Å². The number of carbonyl (C=O) groups is 2. The van der Waals surface area contributed by atoms with Crippen molar-refractivity contribution in [1.29, 1.82) is 0 Å². The number of esters is 1. The SMILES string of the molecule is COC(=O)c1ccc(O[C@@H]2O[C@@H](CO)[C@@H](O)[C@@H](O)[C@@H]2NC(C)=O)c(OC)c1. The van der Waals surface area contributed by atoms with Crippen LogP contribution in [0.15, 0.2) is 18.2 Å². The second-order valence-corrected chi connectivity index (χ2v) is 5.91. The van der Waals surface area contributed by atoms with E-state index < -0.39 is 49.1 Å². The van der Waals surface area contributed by atoms with Gasteiger partial charge >= 0.3 is 5.97 Å². The maximum absolute atomic E-state index is 11.6. The van der Waals surface area contributed by atoms with Crippen molar-refractivity contribution in [2.75, 3.05) is 20.8 Å². The van der Waals surface area contributed by atoms with Crippen LogP contribution in [-0.2, 0) is 14.3 Å². The number of aliphatic hydroxyl groups excluding tert-OH is 3. The molecule has 2 rings (SSSR count). The van der Waals surface area contributed by atoms with E-state index in [4.69, 9.17) is 14.2 Å². The van der Waals surface area contributed by atoms with Gasteiger partial charge < -0.3 is 39.6 Å². The molecule has 10 heteroatoms. The zero-order valence-electron chi connectivity index (χ0n) is 15.1. The van der Waals surface area contributed by atoms with Gasteiger partial charge in [0.25, 0.3) is 0 Å². The molecule has 0 unspecified atom stereocenters. The molecule has 4 N–H and O–H groups in total. The minimum absolute atomic E-state index is 0.158. The van der Waals surface area contributed by atoms with Crippen molar-refractivity contribution < 1.29 is 43.9 Å². The van der Waals surface area contributed by atoms with Gasteiger partial charge in [-0.05, 0) is 18.2 Å². The highest BCUT2D eigenvalue weighted by Crippen LogP contribution is 2.32. The molecule has 0 aromatic heterocycles. The molecule has 27 heavy (non-hydrogen) atoms. The van der Waals surface area contributed by atoms with Crippen LogP contribution in [0.4, 0.5) is 0 Å². The van der Waals surface area contributed by atoms with E-state index in [0.717, 1.165) is 0 Å². The third-order valence-corrected chi connectivity index (χ3v) is 4.08. The minimum atomic E-state index is -1.44.